The highest BCUT2D eigenvalue weighted by Crippen LogP contribution is 2.20. The number of nitrogens with zero attached hydrogens (tertiary/aromatic N) is 3. The van der Waals surface area contributed by atoms with Gasteiger partial charge < -0.3 is 9.64 Å². The minimum Gasteiger partial charge on any atom is -0.444 e. The van der Waals surface area contributed by atoms with Gasteiger partial charge in [0.05, 0.1) is 0 Å². The summed E-state index contributed by atoms with van der Waals surface area (Å²) < 4.78 is 32.5. The molecule has 0 aliphatic carbocycles. The van der Waals surface area contributed by atoms with Crippen molar-refractivity contribution in [1.29, 1.82) is 0 Å². The standard InChI is InChI=1S/C13H26N4O4S/c1-13(2,3)21-12(18)16-9-11(10-16)15-5-7-17(8-6-15)22(19,20)14-4/h11,14H,5-10H2,1-4H3. The second-order valence-corrected chi connectivity index (χ2v) is 8.56. The summed E-state index contributed by atoms with van der Waals surface area (Å²) in [5.74, 6) is 0. The van der Waals surface area contributed by atoms with Crippen LogP contribution in [0, 0.1) is 0 Å². The molecule has 0 bridgehead atoms. The van der Waals surface area contributed by atoms with Gasteiger partial charge in [0.15, 0.2) is 0 Å². The molecular weight excluding hydrogens is 308 g/mol. The van der Waals surface area contributed by atoms with Crippen LogP contribution in [0.25, 0.3) is 0 Å². The van der Waals surface area contributed by atoms with Gasteiger partial charge in [-0.1, -0.05) is 0 Å². The van der Waals surface area contributed by atoms with Crippen LogP contribution in [-0.2, 0) is 14.9 Å². The summed E-state index contributed by atoms with van der Waals surface area (Å²) in [7, 11) is -1.91. The van der Waals surface area contributed by atoms with Crippen LogP contribution in [0.15, 0.2) is 0 Å². The largest absolute Gasteiger partial charge is 0.444 e. The molecule has 8 nitrogen and oxygen atoms in total. The molecule has 2 aliphatic heterocycles. The molecule has 0 aromatic heterocycles. The van der Waals surface area contributed by atoms with Gasteiger partial charge in [-0.2, -0.15) is 12.7 Å². The summed E-state index contributed by atoms with van der Waals surface area (Å²) in [4.78, 5) is 15.8. The summed E-state index contributed by atoms with van der Waals surface area (Å²) in [5.41, 5.74) is -0.477. The van der Waals surface area contributed by atoms with Gasteiger partial charge in [0, 0.05) is 52.4 Å². The molecular formula is C13H26N4O4S. The van der Waals surface area contributed by atoms with E-state index in [0.717, 1.165) is 0 Å². The average Bonchev–Trinajstić information content (AvgIpc) is 2.35. The minimum atomic E-state index is -3.33. The van der Waals surface area contributed by atoms with E-state index < -0.39 is 15.8 Å². The van der Waals surface area contributed by atoms with E-state index in [2.05, 4.69) is 9.62 Å². The molecule has 9 heteroatoms. The Morgan fingerprint density at radius 2 is 1.68 bits per heavy atom. The van der Waals surface area contributed by atoms with E-state index in [4.69, 9.17) is 4.74 Å². The monoisotopic (exact) mass is 334 g/mol. The molecule has 2 fully saturated rings. The van der Waals surface area contributed by atoms with Gasteiger partial charge in [0.1, 0.15) is 5.60 Å². The maximum absolute atomic E-state index is 11.9. The number of amides is 1. The molecule has 1 amide bonds. The topological polar surface area (TPSA) is 82.2 Å². The zero-order valence-corrected chi connectivity index (χ0v) is 14.5. The number of piperazine rings is 1. The Morgan fingerprint density at radius 1 is 1.14 bits per heavy atom. The Morgan fingerprint density at radius 3 is 2.14 bits per heavy atom. The first-order chi connectivity index (χ1) is 10.1. The zero-order valence-electron chi connectivity index (χ0n) is 13.7. The molecule has 2 saturated heterocycles. The van der Waals surface area contributed by atoms with Crippen molar-refractivity contribution >= 4 is 16.3 Å². The fourth-order valence-corrected chi connectivity index (χ4v) is 3.50. The number of carbonyl (C=O) groups excluding carboxylic acids is 1. The lowest BCUT2D eigenvalue weighted by molar-refractivity contribution is -0.0204. The van der Waals surface area contributed by atoms with Gasteiger partial charge in [-0.15, -0.1) is 0 Å². The number of hydrogen-bond acceptors (Lipinski definition) is 5. The van der Waals surface area contributed by atoms with E-state index in [1.807, 2.05) is 20.8 Å². The van der Waals surface area contributed by atoms with E-state index >= 15 is 0 Å². The van der Waals surface area contributed by atoms with Crippen LogP contribution in [0.5, 0.6) is 0 Å². The van der Waals surface area contributed by atoms with Gasteiger partial charge in [0.2, 0.25) is 0 Å². The second-order valence-electron chi connectivity index (χ2n) is 6.68. The number of likely N-dealkylation sites (tertiary alicyclic amines) is 1. The summed E-state index contributed by atoms with van der Waals surface area (Å²) in [6.07, 6.45) is -0.278. The summed E-state index contributed by atoms with van der Waals surface area (Å²) >= 11 is 0. The molecule has 0 aromatic carbocycles. The van der Waals surface area contributed by atoms with Crippen LogP contribution < -0.4 is 4.72 Å². The third-order valence-corrected chi connectivity index (χ3v) is 5.46. The first-order valence-electron chi connectivity index (χ1n) is 7.53. The molecule has 2 heterocycles. The third-order valence-electron chi connectivity index (χ3n) is 3.90. The molecule has 22 heavy (non-hydrogen) atoms. The molecule has 1 N–H and O–H groups in total. The first-order valence-corrected chi connectivity index (χ1v) is 8.97. The number of nitrogens with one attached hydrogen (secondary N) is 1. The van der Waals surface area contributed by atoms with Crippen LogP contribution >= 0.6 is 0 Å². The van der Waals surface area contributed by atoms with Crippen molar-refractivity contribution in [1.82, 2.24) is 18.8 Å². The third kappa shape index (κ3) is 4.09. The predicted molar refractivity (Wildman–Crippen MR) is 82.7 cm³/mol. The number of ether oxygens (including phenoxy) is 1. The van der Waals surface area contributed by atoms with E-state index in [-0.39, 0.29) is 6.09 Å². The zero-order chi connectivity index (χ0) is 16.5. The Labute approximate surface area is 132 Å². The van der Waals surface area contributed by atoms with Crippen molar-refractivity contribution in [3.8, 4) is 0 Å². The quantitative estimate of drug-likeness (QED) is 0.765. The second kappa shape index (κ2) is 6.31. The summed E-state index contributed by atoms with van der Waals surface area (Å²) in [5, 5.41) is 0. The van der Waals surface area contributed by atoms with Gasteiger partial charge in [-0.3, -0.25) is 4.90 Å². The lowest BCUT2D eigenvalue weighted by Gasteiger charge is -2.47. The molecule has 2 aliphatic rings. The van der Waals surface area contributed by atoms with Crippen molar-refractivity contribution in [3.05, 3.63) is 0 Å². The Hall–Kier alpha value is -0.900. The molecule has 0 saturated carbocycles. The fourth-order valence-electron chi connectivity index (χ4n) is 2.60. The molecule has 128 valence electrons. The highest BCUT2D eigenvalue weighted by Gasteiger charge is 2.38. The molecule has 0 atom stereocenters. The molecule has 0 radical (unpaired) electrons. The number of rotatable bonds is 3. The van der Waals surface area contributed by atoms with Gasteiger partial charge in [0.25, 0.3) is 10.2 Å². The summed E-state index contributed by atoms with van der Waals surface area (Å²) in [6.45, 7) is 9.18. The van der Waals surface area contributed by atoms with Crippen molar-refractivity contribution in [2.45, 2.75) is 32.4 Å². The van der Waals surface area contributed by atoms with Crippen molar-refractivity contribution in [3.63, 3.8) is 0 Å². The van der Waals surface area contributed by atoms with E-state index in [1.165, 1.54) is 11.4 Å². The average molecular weight is 334 g/mol. The van der Waals surface area contributed by atoms with Crippen molar-refractivity contribution in [2.75, 3.05) is 46.3 Å². The SMILES string of the molecule is CNS(=O)(=O)N1CCN(C2CN(C(=O)OC(C)(C)C)C2)CC1. The van der Waals surface area contributed by atoms with Crippen LogP contribution in [0.2, 0.25) is 0 Å². The lowest BCUT2D eigenvalue weighted by Crippen LogP contribution is -2.65. The van der Waals surface area contributed by atoms with Crippen LogP contribution in [0.1, 0.15) is 20.8 Å². The molecule has 0 aromatic rings. The van der Waals surface area contributed by atoms with Crippen LogP contribution in [-0.4, -0.2) is 86.6 Å². The van der Waals surface area contributed by atoms with Crippen molar-refractivity contribution in [2.24, 2.45) is 0 Å². The number of carbonyl (C=O) groups is 1. The van der Waals surface area contributed by atoms with E-state index in [1.54, 1.807) is 4.90 Å². The Kier molecular flexibility index (Phi) is 5.00. The van der Waals surface area contributed by atoms with E-state index in [9.17, 15) is 13.2 Å². The summed E-state index contributed by atoms with van der Waals surface area (Å²) in [6, 6.07) is 0.298. The van der Waals surface area contributed by atoms with Crippen LogP contribution in [0.4, 0.5) is 4.79 Å². The maximum atomic E-state index is 11.9. The van der Waals surface area contributed by atoms with Gasteiger partial charge in [-0.25, -0.2) is 9.52 Å². The smallest absolute Gasteiger partial charge is 0.410 e. The normalized spacial score (nSPS) is 22.5. The molecule has 0 unspecified atom stereocenters. The highest BCUT2D eigenvalue weighted by molar-refractivity contribution is 7.87. The number of hydrogen-bond donors (Lipinski definition) is 1. The van der Waals surface area contributed by atoms with Crippen molar-refractivity contribution < 1.29 is 17.9 Å². The molecule has 0 spiro atoms. The first kappa shape index (κ1) is 17.5. The predicted octanol–water partition coefficient (Wildman–Crippen LogP) is -0.312. The van der Waals surface area contributed by atoms with E-state index in [0.29, 0.717) is 45.3 Å². The Balaban J connectivity index is 1.76. The fraction of sp³-hybridized carbons (Fsp3) is 0.923. The molecule has 2 rings (SSSR count). The minimum absolute atomic E-state index is 0.278. The Bertz CT molecular complexity index is 503. The van der Waals surface area contributed by atoms with Gasteiger partial charge in [-0.05, 0) is 20.8 Å². The van der Waals surface area contributed by atoms with Crippen LogP contribution in [0.3, 0.4) is 0 Å². The maximum Gasteiger partial charge on any atom is 0.410 e. The highest BCUT2D eigenvalue weighted by atomic mass is 32.2. The lowest BCUT2D eigenvalue weighted by atomic mass is 10.1. The van der Waals surface area contributed by atoms with Gasteiger partial charge >= 0.3 is 6.09 Å².